The van der Waals surface area contributed by atoms with Gasteiger partial charge in [0.2, 0.25) is 0 Å². The Labute approximate surface area is 154 Å². The van der Waals surface area contributed by atoms with Crippen molar-refractivity contribution in [1.29, 1.82) is 0 Å². The number of para-hydroxylation sites is 1. The van der Waals surface area contributed by atoms with Gasteiger partial charge >= 0.3 is 7.60 Å². The lowest BCUT2D eigenvalue weighted by Crippen LogP contribution is -2.41. The van der Waals surface area contributed by atoms with Crippen LogP contribution in [-0.4, -0.2) is 35.4 Å². The van der Waals surface area contributed by atoms with E-state index in [9.17, 15) is 9.67 Å². The van der Waals surface area contributed by atoms with Crippen LogP contribution < -0.4 is 4.52 Å². The van der Waals surface area contributed by atoms with Crippen LogP contribution in [0, 0.1) is 0 Å². The predicted octanol–water partition coefficient (Wildman–Crippen LogP) is 3.77. The van der Waals surface area contributed by atoms with Crippen LogP contribution >= 0.6 is 7.60 Å². The first-order valence-electron chi connectivity index (χ1n) is 9.10. The Bertz CT molecular complexity index is 840. The third-order valence-corrected chi connectivity index (χ3v) is 7.53. The molecule has 0 bridgehead atoms. The van der Waals surface area contributed by atoms with E-state index in [-0.39, 0.29) is 6.61 Å². The summed E-state index contributed by atoms with van der Waals surface area (Å²) in [5, 5.41) is 11.0. The minimum absolute atomic E-state index is 0.283. The van der Waals surface area contributed by atoms with Crippen molar-refractivity contribution in [3.63, 3.8) is 0 Å². The minimum Gasteiger partial charge on any atom is -0.424 e. The summed E-state index contributed by atoms with van der Waals surface area (Å²) in [6, 6.07) is 15.6. The van der Waals surface area contributed by atoms with Gasteiger partial charge in [-0.1, -0.05) is 42.5 Å². The van der Waals surface area contributed by atoms with Crippen molar-refractivity contribution in [3.8, 4) is 5.75 Å². The second kappa shape index (κ2) is 7.16. The van der Waals surface area contributed by atoms with Gasteiger partial charge in [0.05, 0.1) is 12.7 Å². The van der Waals surface area contributed by atoms with Crippen LogP contribution in [0.25, 0.3) is 0 Å². The third kappa shape index (κ3) is 3.21. The van der Waals surface area contributed by atoms with E-state index in [1.54, 1.807) is 13.0 Å². The Hall–Kier alpha value is -1.65. The van der Waals surface area contributed by atoms with E-state index in [2.05, 4.69) is 23.1 Å². The molecule has 2 aliphatic heterocycles. The molecule has 0 unspecified atom stereocenters. The summed E-state index contributed by atoms with van der Waals surface area (Å²) >= 11 is 0. The van der Waals surface area contributed by atoms with Crippen LogP contribution in [0.4, 0.5) is 0 Å². The van der Waals surface area contributed by atoms with Crippen molar-refractivity contribution < 1.29 is 18.7 Å². The minimum atomic E-state index is -3.45. The van der Waals surface area contributed by atoms with Crippen LogP contribution in [0.2, 0.25) is 0 Å². The maximum atomic E-state index is 13.4. The van der Waals surface area contributed by atoms with Crippen molar-refractivity contribution in [3.05, 3.63) is 65.2 Å². The average Bonchev–Trinajstić information content (AvgIpc) is 2.65. The molecule has 0 saturated carbocycles. The Balaban J connectivity index is 1.60. The van der Waals surface area contributed by atoms with Crippen LogP contribution in [0.1, 0.15) is 29.7 Å². The molecule has 2 heterocycles. The molecule has 0 saturated heterocycles. The quantitative estimate of drug-likeness (QED) is 0.827. The van der Waals surface area contributed by atoms with Gasteiger partial charge in [-0.15, -0.1) is 0 Å². The van der Waals surface area contributed by atoms with Gasteiger partial charge < -0.3 is 9.63 Å². The Morgan fingerprint density at radius 3 is 2.73 bits per heavy atom. The van der Waals surface area contributed by atoms with E-state index in [4.69, 9.17) is 9.05 Å². The number of hydrogen-bond acceptors (Lipinski definition) is 5. The summed E-state index contributed by atoms with van der Waals surface area (Å²) in [7, 11) is -3.45. The maximum Gasteiger partial charge on any atom is 0.386 e. The van der Waals surface area contributed by atoms with Gasteiger partial charge in [-0.3, -0.25) is 9.42 Å². The lowest BCUT2D eigenvalue weighted by molar-refractivity contribution is 0.112. The van der Waals surface area contributed by atoms with E-state index in [1.165, 1.54) is 11.1 Å². The maximum absolute atomic E-state index is 13.4. The number of aliphatic hydroxyl groups is 1. The molecule has 0 aliphatic carbocycles. The second-order valence-electron chi connectivity index (χ2n) is 6.85. The highest BCUT2D eigenvalue weighted by Gasteiger charge is 2.48. The molecule has 3 atom stereocenters. The first-order valence-corrected chi connectivity index (χ1v) is 10.7. The van der Waals surface area contributed by atoms with E-state index in [1.807, 2.05) is 24.3 Å². The van der Waals surface area contributed by atoms with Gasteiger partial charge in [-0.2, -0.15) is 0 Å². The summed E-state index contributed by atoms with van der Waals surface area (Å²) in [6.45, 7) is 4.21. The molecule has 138 valence electrons. The lowest BCUT2D eigenvalue weighted by Gasteiger charge is -2.39. The molecular weight excluding hydrogens is 349 g/mol. The zero-order chi connectivity index (χ0) is 18.1. The average molecular weight is 373 g/mol. The summed E-state index contributed by atoms with van der Waals surface area (Å²) < 4.78 is 24.8. The fourth-order valence-electron chi connectivity index (χ4n) is 3.87. The summed E-state index contributed by atoms with van der Waals surface area (Å²) in [6.07, 6.45) is 0.0875. The van der Waals surface area contributed by atoms with Gasteiger partial charge in [0.15, 0.2) is 0 Å². The smallest absolute Gasteiger partial charge is 0.386 e. The zero-order valence-electron chi connectivity index (χ0n) is 14.9. The molecule has 0 spiro atoms. The Kier molecular flexibility index (Phi) is 4.89. The molecule has 2 aromatic rings. The zero-order valence-corrected chi connectivity index (χ0v) is 15.8. The first kappa shape index (κ1) is 17.7. The Morgan fingerprint density at radius 1 is 1.19 bits per heavy atom. The molecule has 6 heteroatoms. The fourth-order valence-corrected chi connectivity index (χ4v) is 5.99. The highest BCUT2D eigenvalue weighted by Crippen LogP contribution is 2.61. The van der Waals surface area contributed by atoms with E-state index < -0.39 is 19.4 Å². The van der Waals surface area contributed by atoms with Crippen molar-refractivity contribution in [2.45, 2.75) is 31.7 Å². The van der Waals surface area contributed by atoms with E-state index in [0.29, 0.717) is 17.9 Å². The number of rotatable bonds is 4. The normalized spacial score (nSPS) is 28.1. The SMILES string of the molecule is CCO[P@]1(=O)Oc2ccccc2[C@@H](O)[C@@H]1CN1CCc2ccccc2C1. The predicted molar refractivity (Wildman–Crippen MR) is 100 cm³/mol. The number of fused-ring (bicyclic) bond motifs is 2. The number of aliphatic hydroxyl groups excluding tert-OH is 1. The first-order chi connectivity index (χ1) is 12.6. The Morgan fingerprint density at radius 2 is 1.92 bits per heavy atom. The number of benzene rings is 2. The largest absolute Gasteiger partial charge is 0.424 e. The molecule has 0 fully saturated rings. The van der Waals surface area contributed by atoms with Crippen LogP contribution in [0.5, 0.6) is 5.75 Å². The molecule has 26 heavy (non-hydrogen) atoms. The van der Waals surface area contributed by atoms with Crippen molar-refractivity contribution in [1.82, 2.24) is 4.90 Å². The lowest BCUT2D eigenvalue weighted by atomic mass is 9.99. The molecular formula is C20H24NO4P. The monoisotopic (exact) mass is 373 g/mol. The third-order valence-electron chi connectivity index (χ3n) is 5.20. The molecule has 2 aliphatic rings. The highest BCUT2D eigenvalue weighted by molar-refractivity contribution is 7.55. The van der Waals surface area contributed by atoms with Gasteiger partial charge in [-0.25, -0.2) is 4.57 Å². The molecule has 2 aromatic carbocycles. The topological polar surface area (TPSA) is 59.0 Å². The molecule has 4 rings (SSSR count). The van der Waals surface area contributed by atoms with Gasteiger partial charge in [0, 0.05) is 25.2 Å². The van der Waals surface area contributed by atoms with Gasteiger partial charge in [0.1, 0.15) is 11.4 Å². The van der Waals surface area contributed by atoms with E-state index in [0.717, 1.165) is 19.5 Å². The molecule has 1 N–H and O–H groups in total. The standard InChI is InChI=1S/C20H24NO4P/c1-2-24-26(23)19(20(22)17-9-5-6-10-18(17)25-26)14-21-12-11-15-7-3-4-8-16(15)13-21/h3-10,19-20,22H,2,11-14H2,1H3/t19-,20+,26-/m0/s1. The van der Waals surface area contributed by atoms with Crippen LogP contribution in [0.3, 0.4) is 0 Å². The second-order valence-corrected chi connectivity index (χ2v) is 9.04. The summed E-state index contributed by atoms with van der Waals surface area (Å²) in [5.41, 5.74) is 2.74. The molecule has 0 aromatic heterocycles. The van der Waals surface area contributed by atoms with Crippen molar-refractivity contribution >= 4 is 7.60 Å². The van der Waals surface area contributed by atoms with Crippen molar-refractivity contribution in [2.24, 2.45) is 0 Å². The fraction of sp³-hybridized carbons (Fsp3) is 0.400. The van der Waals surface area contributed by atoms with E-state index >= 15 is 0 Å². The summed E-state index contributed by atoms with van der Waals surface area (Å²) in [4.78, 5) is 2.24. The van der Waals surface area contributed by atoms with Crippen molar-refractivity contribution in [2.75, 3.05) is 19.7 Å². The van der Waals surface area contributed by atoms with Gasteiger partial charge in [0.25, 0.3) is 0 Å². The highest BCUT2D eigenvalue weighted by atomic mass is 31.2. The van der Waals surface area contributed by atoms with Gasteiger partial charge in [-0.05, 0) is 30.5 Å². The molecule has 0 radical (unpaired) electrons. The number of hydrogen-bond donors (Lipinski definition) is 1. The van der Waals surface area contributed by atoms with Crippen LogP contribution in [-0.2, 0) is 22.1 Å². The summed E-state index contributed by atoms with van der Waals surface area (Å²) in [5.74, 6) is 0.456. The number of nitrogens with zero attached hydrogens (tertiary/aromatic N) is 1. The molecule has 0 amide bonds. The van der Waals surface area contributed by atoms with Crippen LogP contribution in [0.15, 0.2) is 48.5 Å². The molecule has 5 nitrogen and oxygen atoms in total.